The van der Waals surface area contributed by atoms with E-state index in [4.69, 9.17) is 4.74 Å². The summed E-state index contributed by atoms with van der Waals surface area (Å²) in [5.74, 6) is 0.655. The summed E-state index contributed by atoms with van der Waals surface area (Å²) < 4.78 is 5.28. The van der Waals surface area contributed by atoms with E-state index in [1.165, 1.54) is 0 Å². The summed E-state index contributed by atoms with van der Waals surface area (Å²) in [4.78, 5) is 0. The highest BCUT2D eigenvalue weighted by Crippen LogP contribution is 2.39. The molecule has 82 valence electrons. The molecule has 1 aliphatic rings. The number of phenols is 1. The van der Waals surface area contributed by atoms with Gasteiger partial charge in [-0.25, -0.2) is 0 Å². The Kier molecular flexibility index (Phi) is 2.57. The van der Waals surface area contributed by atoms with Gasteiger partial charge in [-0.1, -0.05) is 6.07 Å². The van der Waals surface area contributed by atoms with E-state index in [0.717, 1.165) is 18.4 Å². The molecule has 1 saturated carbocycles. The zero-order chi connectivity index (χ0) is 10.9. The molecule has 1 fully saturated rings. The maximum atomic E-state index is 9.77. The lowest BCUT2D eigenvalue weighted by molar-refractivity contribution is 0.151. The number of hydrogen-bond donors (Lipinski definition) is 2. The van der Waals surface area contributed by atoms with E-state index in [1.807, 2.05) is 13.0 Å². The summed E-state index contributed by atoms with van der Waals surface area (Å²) in [6, 6.07) is 5.25. The van der Waals surface area contributed by atoms with Gasteiger partial charge in [0.15, 0.2) is 11.5 Å². The molecule has 2 N–H and O–H groups in total. The van der Waals surface area contributed by atoms with Crippen molar-refractivity contribution in [1.29, 1.82) is 0 Å². The first-order valence-corrected chi connectivity index (χ1v) is 5.30. The Labute approximate surface area is 89.3 Å². The molecule has 2 rings (SSSR count). The van der Waals surface area contributed by atoms with E-state index in [9.17, 15) is 10.2 Å². The standard InChI is InChI=1S/C12H16O3/c1-2-15-11-7-9(3-4-10(11)13)8-12(14)5-6-12/h3-4,7,13-14H,2,5-6,8H2,1H3. The lowest BCUT2D eigenvalue weighted by atomic mass is 10.1. The number of aliphatic hydroxyl groups is 1. The Balaban J connectivity index is 2.14. The van der Waals surface area contributed by atoms with Crippen molar-refractivity contribution < 1.29 is 14.9 Å². The van der Waals surface area contributed by atoms with Crippen LogP contribution in [-0.2, 0) is 6.42 Å². The molecule has 3 heteroatoms. The number of rotatable bonds is 4. The van der Waals surface area contributed by atoms with Crippen LogP contribution in [0.25, 0.3) is 0 Å². The fraction of sp³-hybridized carbons (Fsp3) is 0.500. The molecular formula is C12H16O3. The molecule has 0 heterocycles. The van der Waals surface area contributed by atoms with E-state index in [2.05, 4.69) is 0 Å². The van der Waals surface area contributed by atoms with E-state index >= 15 is 0 Å². The van der Waals surface area contributed by atoms with E-state index in [1.54, 1.807) is 12.1 Å². The predicted molar refractivity (Wildman–Crippen MR) is 57.2 cm³/mol. The topological polar surface area (TPSA) is 49.7 Å². The van der Waals surface area contributed by atoms with Crippen molar-refractivity contribution in [2.45, 2.75) is 31.8 Å². The SMILES string of the molecule is CCOc1cc(CC2(O)CC2)ccc1O. The van der Waals surface area contributed by atoms with E-state index < -0.39 is 5.60 Å². The third kappa shape index (κ3) is 2.42. The van der Waals surface area contributed by atoms with Gasteiger partial charge in [-0.15, -0.1) is 0 Å². The van der Waals surface area contributed by atoms with E-state index in [0.29, 0.717) is 18.8 Å². The second kappa shape index (κ2) is 3.74. The molecular weight excluding hydrogens is 192 g/mol. The number of aromatic hydroxyl groups is 1. The van der Waals surface area contributed by atoms with Gasteiger partial charge < -0.3 is 14.9 Å². The number of ether oxygens (including phenoxy) is 1. The first-order chi connectivity index (χ1) is 7.13. The van der Waals surface area contributed by atoms with Gasteiger partial charge >= 0.3 is 0 Å². The summed E-state index contributed by atoms with van der Waals surface area (Å²) in [7, 11) is 0. The van der Waals surface area contributed by atoms with Gasteiger partial charge in [0.25, 0.3) is 0 Å². The van der Waals surface area contributed by atoms with Crippen LogP contribution in [0.15, 0.2) is 18.2 Å². The first-order valence-electron chi connectivity index (χ1n) is 5.30. The molecule has 1 aromatic rings. The minimum atomic E-state index is -0.500. The molecule has 1 aliphatic carbocycles. The Morgan fingerprint density at radius 2 is 2.13 bits per heavy atom. The van der Waals surface area contributed by atoms with Crippen molar-refractivity contribution in [1.82, 2.24) is 0 Å². The minimum Gasteiger partial charge on any atom is -0.504 e. The van der Waals surface area contributed by atoms with Gasteiger partial charge in [-0.3, -0.25) is 0 Å². The Morgan fingerprint density at radius 1 is 1.40 bits per heavy atom. The molecule has 0 unspecified atom stereocenters. The average molecular weight is 208 g/mol. The molecule has 3 nitrogen and oxygen atoms in total. The number of hydrogen-bond acceptors (Lipinski definition) is 3. The molecule has 0 saturated heterocycles. The lowest BCUT2D eigenvalue weighted by Gasteiger charge is -2.10. The molecule has 0 aliphatic heterocycles. The van der Waals surface area contributed by atoms with Crippen molar-refractivity contribution in [3.05, 3.63) is 23.8 Å². The molecule has 0 spiro atoms. The third-order valence-corrected chi connectivity index (χ3v) is 2.68. The molecule has 0 radical (unpaired) electrons. The average Bonchev–Trinajstić information content (AvgIpc) is 2.90. The number of benzene rings is 1. The van der Waals surface area contributed by atoms with Crippen LogP contribution in [-0.4, -0.2) is 22.4 Å². The highest BCUT2D eigenvalue weighted by Gasteiger charge is 2.40. The van der Waals surface area contributed by atoms with Crippen molar-refractivity contribution in [3.63, 3.8) is 0 Å². The zero-order valence-electron chi connectivity index (χ0n) is 8.86. The highest BCUT2D eigenvalue weighted by atomic mass is 16.5. The van der Waals surface area contributed by atoms with Gasteiger partial charge in [0.1, 0.15) is 0 Å². The normalized spacial score (nSPS) is 17.5. The third-order valence-electron chi connectivity index (χ3n) is 2.68. The van der Waals surface area contributed by atoms with Crippen LogP contribution in [0.3, 0.4) is 0 Å². The van der Waals surface area contributed by atoms with Crippen LogP contribution in [0.2, 0.25) is 0 Å². The highest BCUT2D eigenvalue weighted by molar-refractivity contribution is 5.42. The van der Waals surface area contributed by atoms with Crippen LogP contribution in [0.5, 0.6) is 11.5 Å². The van der Waals surface area contributed by atoms with Gasteiger partial charge in [0.05, 0.1) is 12.2 Å². The van der Waals surface area contributed by atoms with Gasteiger partial charge in [0.2, 0.25) is 0 Å². The van der Waals surface area contributed by atoms with Crippen LogP contribution in [0, 0.1) is 0 Å². The summed E-state index contributed by atoms with van der Waals surface area (Å²) in [6.45, 7) is 2.40. The van der Waals surface area contributed by atoms with Gasteiger partial charge in [-0.05, 0) is 37.5 Å². The summed E-state index contributed by atoms with van der Waals surface area (Å²) >= 11 is 0. The van der Waals surface area contributed by atoms with Crippen molar-refractivity contribution in [2.24, 2.45) is 0 Å². The summed E-state index contributed by atoms with van der Waals surface area (Å²) in [5, 5.41) is 19.3. The lowest BCUT2D eigenvalue weighted by Crippen LogP contribution is -2.10. The van der Waals surface area contributed by atoms with Crippen molar-refractivity contribution >= 4 is 0 Å². The van der Waals surface area contributed by atoms with E-state index in [-0.39, 0.29) is 5.75 Å². The fourth-order valence-corrected chi connectivity index (χ4v) is 1.64. The molecule has 0 atom stereocenters. The second-order valence-electron chi connectivity index (χ2n) is 4.14. The van der Waals surface area contributed by atoms with Crippen LogP contribution >= 0.6 is 0 Å². The Hall–Kier alpha value is -1.22. The van der Waals surface area contributed by atoms with Gasteiger partial charge in [-0.2, -0.15) is 0 Å². The molecule has 0 amide bonds. The first kappa shape index (κ1) is 10.3. The van der Waals surface area contributed by atoms with Crippen LogP contribution < -0.4 is 4.74 Å². The number of phenolic OH excluding ortho intramolecular Hbond substituents is 1. The fourth-order valence-electron chi connectivity index (χ4n) is 1.64. The smallest absolute Gasteiger partial charge is 0.161 e. The predicted octanol–water partition coefficient (Wildman–Crippen LogP) is 1.86. The van der Waals surface area contributed by atoms with Crippen LogP contribution in [0.4, 0.5) is 0 Å². The largest absolute Gasteiger partial charge is 0.504 e. The monoisotopic (exact) mass is 208 g/mol. The molecule has 0 aromatic heterocycles. The Bertz CT molecular complexity index is 356. The molecule has 15 heavy (non-hydrogen) atoms. The molecule has 1 aromatic carbocycles. The maximum Gasteiger partial charge on any atom is 0.161 e. The second-order valence-corrected chi connectivity index (χ2v) is 4.14. The van der Waals surface area contributed by atoms with Gasteiger partial charge in [0, 0.05) is 6.42 Å². The Morgan fingerprint density at radius 3 is 2.73 bits per heavy atom. The summed E-state index contributed by atoms with van der Waals surface area (Å²) in [6.07, 6.45) is 2.39. The van der Waals surface area contributed by atoms with Crippen molar-refractivity contribution in [3.8, 4) is 11.5 Å². The summed E-state index contributed by atoms with van der Waals surface area (Å²) in [5.41, 5.74) is 0.511. The minimum absolute atomic E-state index is 0.156. The zero-order valence-corrected chi connectivity index (χ0v) is 8.86. The molecule has 0 bridgehead atoms. The van der Waals surface area contributed by atoms with Crippen LogP contribution in [0.1, 0.15) is 25.3 Å². The quantitative estimate of drug-likeness (QED) is 0.794. The van der Waals surface area contributed by atoms with Crippen molar-refractivity contribution in [2.75, 3.05) is 6.61 Å². The maximum absolute atomic E-state index is 9.77.